The minimum Gasteiger partial charge on any atom is -0.411 e. The molecule has 0 aliphatic carbocycles. The molecule has 0 atom stereocenters. The van der Waals surface area contributed by atoms with Crippen LogP contribution in [0.15, 0.2) is 29.4 Å². The van der Waals surface area contributed by atoms with Crippen molar-refractivity contribution in [3.8, 4) is 0 Å². The maximum Gasteiger partial charge on any atom is 0.397 e. The average molecular weight is 260 g/mol. The van der Waals surface area contributed by atoms with Crippen LogP contribution in [-0.2, 0) is 4.79 Å². The van der Waals surface area contributed by atoms with E-state index in [0.29, 0.717) is 11.3 Å². The number of hydrogen-bond acceptors (Lipinski definition) is 3. The standard InChI is InChI=1S/C11H11F3N2O2/c1-7(16-18)8-3-2-4-9(5-8)15-10(17)6-11(12,13)14/h2-5,18H,6H2,1H3,(H,15,17)/b16-7+. The van der Waals surface area contributed by atoms with Crippen LogP contribution in [0.1, 0.15) is 18.9 Å². The quantitative estimate of drug-likeness (QED) is 0.498. The van der Waals surface area contributed by atoms with Crippen molar-refractivity contribution in [3.05, 3.63) is 29.8 Å². The van der Waals surface area contributed by atoms with Gasteiger partial charge in [-0.25, -0.2) is 0 Å². The molecule has 1 amide bonds. The van der Waals surface area contributed by atoms with E-state index in [2.05, 4.69) is 10.5 Å². The van der Waals surface area contributed by atoms with Crippen molar-refractivity contribution in [1.82, 2.24) is 0 Å². The Morgan fingerprint density at radius 1 is 1.44 bits per heavy atom. The first kappa shape index (κ1) is 14.0. The van der Waals surface area contributed by atoms with Gasteiger partial charge in [0.2, 0.25) is 5.91 Å². The number of rotatable bonds is 3. The third-order valence-electron chi connectivity index (χ3n) is 2.08. The molecule has 0 bridgehead atoms. The van der Waals surface area contributed by atoms with E-state index in [0.717, 1.165) is 0 Å². The van der Waals surface area contributed by atoms with Crippen LogP contribution in [0.5, 0.6) is 0 Å². The maximum atomic E-state index is 12.0. The molecule has 0 fully saturated rings. The van der Waals surface area contributed by atoms with Gasteiger partial charge in [-0.05, 0) is 19.1 Å². The molecular formula is C11H11F3N2O2. The third-order valence-corrected chi connectivity index (χ3v) is 2.08. The van der Waals surface area contributed by atoms with Gasteiger partial charge in [0.05, 0.1) is 5.71 Å². The van der Waals surface area contributed by atoms with Crippen molar-refractivity contribution < 1.29 is 23.2 Å². The number of hydrogen-bond donors (Lipinski definition) is 2. The van der Waals surface area contributed by atoms with Gasteiger partial charge in [0.25, 0.3) is 0 Å². The Bertz CT molecular complexity index is 470. The second-order valence-corrected chi connectivity index (χ2v) is 3.61. The van der Waals surface area contributed by atoms with Gasteiger partial charge in [-0.3, -0.25) is 4.79 Å². The largest absolute Gasteiger partial charge is 0.411 e. The van der Waals surface area contributed by atoms with Crippen molar-refractivity contribution in [1.29, 1.82) is 0 Å². The number of carbonyl (C=O) groups excluding carboxylic acids is 1. The maximum absolute atomic E-state index is 12.0. The first-order chi connectivity index (χ1) is 8.31. The summed E-state index contributed by atoms with van der Waals surface area (Å²) in [5.41, 5.74) is 1.01. The summed E-state index contributed by atoms with van der Waals surface area (Å²) in [6, 6.07) is 6.01. The topological polar surface area (TPSA) is 61.7 Å². The van der Waals surface area contributed by atoms with Gasteiger partial charge in [0, 0.05) is 11.3 Å². The van der Waals surface area contributed by atoms with Crippen molar-refractivity contribution in [3.63, 3.8) is 0 Å². The molecule has 7 heteroatoms. The van der Waals surface area contributed by atoms with Gasteiger partial charge in [-0.2, -0.15) is 13.2 Å². The van der Waals surface area contributed by atoms with Gasteiger partial charge in [0.15, 0.2) is 0 Å². The summed E-state index contributed by atoms with van der Waals surface area (Å²) in [5, 5.41) is 13.7. The van der Waals surface area contributed by atoms with Crippen LogP contribution < -0.4 is 5.32 Å². The molecule has 1 aromatic rings. The zero-order chi connectivity index (χ0) is 13.8. The van der Waals surface area contributed by atoms with E-state index in [1.807, 2.05) is 0 Å². The first-order valence-electron chi connectivity index (χ1n) is 4.97. The third kappa shape index (κ3) is 4.44. The highest BCUT2D eigenvalue weighted by Gasteiger charge is 2.31. The second kappa shape index (κ2) is 5.52. The number of anilines is 1. The number of carbonyl (C=O) groups is 1. The summed E-state index contributed by atoms with van der Waals surface area (Å²) in [5.74, 6) is -1.14. The summed E-state index contributed by atoms with van der Waals surface area (Å²) in [4.78, 5) is 11.1. The first-order valence-corrected chi connectivity index (χ1v) is 4.97. The lowest BCUT2D eigenvalue weighted by molar-refractivity contribution is -0.150. The molecule has 0 saturated carbocycles. The molecule has 0 unspecified atom stereocenters. The van der Waals surface area contributed by atoms with Crippen molar-refractivity contribution in [2.75, 3.05) is 5.32 Å². The molecule has 1 rings (SSSR count). The summed E-state index contributed by atoms with van der Waals surface area (Å²) in [6.45, 7) is 1.52. The number of benzene rings is 1. The van der Waals surface area contributed by atoms with E-state index in [-0.39, 0.29) is 5.69 Å². The number of nitrogens with one attached hydrogen (secondary N) is 1. The molecule has 18 heavy (non-hydrogen) atoms. The van der Waals surface area contributed by atoms with Gasteiger partial charge < -0.3 is 10.5 Å². The zero-order valence-electron chi connectivity index (χ0n) is 9.45. The van der Waals surface area contributed by atoms with Gasteiger partial charge in [0.1, 0.15) is 6.42 Å². The lowest BCUT2D eigenvalue weighted by atomic mass is 10.1. The fourth-order valence-corrected chi connectivity index (χ4v) is 1.27. The molecule has 0 heterocycles. The van der Waals surface area contributed by atoms with E-state index in [4.69, 9.17) is 5.21 Å². The van der Waals surface area contributed by atoms with Gasteiger partial charge in [-0.15, -0.1) is 0 Å². The number of halogens is 3. The molecule has 0 aliphatic rings. The fraction of sp³-hybridized carbons (Fsp3) is 0.273. The molecule has 0 aromatic heterocycles. The second-order valence-electron chi connectivity index (χ2n) is 3.61. The van der Waals surface area contributed by atoms with Gasteiger partial charge in [-0.1, -0.05) is 17.3 Å². The molecule has 0 radical (unpaired) electrons. The molecule has 1 aromatic carbocycles. The summed E-state index contributed by atoms with van der Waals surface area (Å²) >= 11 is 0. The smallest absolute Gasteiger partial charge is 0.397 e. The van der Waals surface area contributed by atoms with Crippen LogP contribution in [0.2, 0.25) is 0 Å². The Morgan fingerprint density at radius 3 is 2.67 bits per heavy atom. The minimum atomic E-state index is -4.54. The van der Waals surface area contributed by atoms with Crippen molar-refractivity contribution in [2.45, 2.75) is 19.5 Å². The highest BCUT2D eigenvalue weighted by molar-refractivity contribution is 6.00. The van der Waals surface area contributed by atoms with E-state index in [9.17, 15) is 18.0 Å². The predicted molar refractivity (Wildman–Crippen MR) is 59.7 cm³/mol. The van der Waals surface area contributed by atoms with E-state index in [1.165, 1.54) is 25.1 Å². The normalized spacial score (nSPS) is 12.3. The Kier molecular flexibility index (Phi) is 4.30. The summed E-state index contributed by atoms with van der Waals surface area (Å²) in [7, 11) is 0. The van der Waals surface area contributed by atoms with E-state index >= 15 is 0 Å². The number of nitrogens with zero attached hydrogens (tertiary/aromatic N) is 1. The molecule has 98 valence electrons. The minimum absolute atomic E-state index is 0.213. The van der Waals surface area contributed by atoms with Crippen LogP contribution >= 0.6 is 0 Å². The molecule has 0 aliphatic heterocycles. The summed E-state index contributed by atoms with van der Waals surface area (Å²) < 4.78 is 35.9. The van der Waals surface area contributed by atoms with Crippen LogP contribution in [0.4, 0.5) is 18.9 Å². The highest BCUT2D eigenvalue weighted by atomic mass is 19.4. The van der Waals surface area contributed by atoms with Crippen LogP contribution in [-0.4, -0.2) is 23.0 Å². The predicted octanol–water partition coefficient (Wildman–Crippen LogP) is 2.78. The zero-order valence-corrected chi connectivity index (χ0v) is 9.45. The SMILES string of the molecule is C/C(=N\O)c1cccc(NC(=O)CC(F)(F)F)c1. The fourth-order valence-electron chi connectivity index (χ4n) is 1.27. The van der Waals surface area contributed by atoms with Crippen molar-refractivity contribution >= 4 is 17.3 Å². The Labute approximate surface area is 101 Å². The Balaban J connectivity index is 2.77. The number of amides is 1. The van der Waals surface area contributed by atoms with Crippen LogP contribution in [0.3, 0.4) is 0 Å². The Hall–Kier alpha value is -2.05. The summed E-state index contributed by atoms with van der Waals surface area (Å²) in [6.07, 6.45) is -6.07. The van der Waals surface area contributed by atoms with Crippen LogP contribution in [0.25, 0.3) is 0 Å². The lowest BCUT2D eigenvalue weighted by Crippen LogP contribution is -2.21. The van der Waals surface area contributed by atoms with E-state index in [1.54, 1.807) is 6.07 Å². The Morgan fingerprint density at radius 2 is 2.11 bits per heavy atom. The van der Waals surface area contributed by atoms with E-state index < -0.39 is 18.5 Å². The van der Waals surface area contributed by atoms with Gasteiger partial charge >= 0.3 is 6.18 Å². The molecule has 4 nitrogen and oxygen atoms in total. The highest BCUT2D eigenvalue weighted by Crippen LogP contribution is 2.20. The molecular weight excluding hydrogens is 249 g/mol. The van der Waals surface area contributed by atoms with Crippen LogP contribution in [0, 0.1) is 0 Å². The van der Waals surface area contributed by atoms with Crippen molar-refractivity contribution in [2.24, 2.45) is 5.16 Å². The number of oxime groups is 1. The molecule has 0 saturated heterocycles. The molecule has 2 N–H and O–H groups in total. The average Bonchev–Trinajstić information content (AvgIpc) is 2.25. The monoisotopic (exact) mass is 260 g/mol. The number of alkyl halides is 3. The molecule has 0 spiro atoms. The lowest BCUT2D eigenvalue weighted by Gasteiger charge is -2.08.